The molecule has 1 atom stereocenters. The Bertz CT molecular complexity index is 1570. The summed E-state index contributed by atoms with van der Waals surface area (Å²) in [7, 11) is 0. The lowest BCUT2D eigenvalue weighted by atomic mass is 10.00. The molecule has 0 fully saturated rings. The first kappa shape index (κ1) is 22.7. The van der Waals surface area contributed by atoms with Crippen molar-refractivity contribution in [2.24, 2.45) is 0 Å². The first-order valence-electron chi connectivity index (χ1n) is 10.7. The molecule has 6 nitrogen and oxygen atoms in total. The van der Waals surface area contributed by atoms with E-state index in [1.54, 1.807) is 11.3 Å². The summed E-state index contributed by atoms with van der Waals surface area (Å²) in [6.07, 6.45) is 0. The summed E-state index contributed by atoms with van der Waals surface area (Å²) in [6.45, 7) is 2.02. The van der Waals surface area contributed by atoms with Crippen LogP contribution in [0.4, 0.5) is 0 Å². The largest absolute Gasteiger partial charge is 0.492 e. The van der Waals surface area contributed by atoms with Crippen molar-refractivity contribution in [2.45, 2.75) is 17.2 Å². The average molecular weight is 498 g/mol. The Kier molecular flexibility index (Phi) is 6.27. The van der Waals surface area contributed by atoms with Gasteiger partial charge in [0, 0.05) is 5.56 Å². The molecule has 0 aliphatic rings. The van der Waals surface area contributed by atoms with Crippen LogP contribution in [0, 0.1) is 18.3 Å². The summed E-state index contributed by atoms with van der Waals surface area (Å²) in [5.74, 6) is -1.02. The van der Waals surface area contributed by atoms with Crippen LogP contribution in [-0.2, 0) is 0 Å². The number of aromatic amines is 1. The minimum absolute atomic E-state index is 0.0790. The second-order valence-corrected chi connectivity index (χ2v) is 9.87. The number of hydrogen-bond acceptors (Lipinski definition) is 7. The van der Waals surface area contributed by atoms with E-state index < -0.39 is 11.0 Å². The number of oxazole rings is 1. The van der Waals surface area contributed by atoms with Crippen molar-refractivity contribution < 1.29 is 9.52 Å². The number of nitrogens with one attached hydrogen (secondary N) is 1. The van der Waals surface area contributed by atoms with Gasteiger partial charge in [0.2, 0.25) is 5.88 Å². The highest BCUT2D eigenvalue weighted by Gasteiger charge is 2.27. The van der Waals surface area contributed by atoms with Crippen molar-refractivity contribution in [3.05, 3.63) is 111 Å². The van der Waals surface area contributed by atoms with Gasteiger partial charge in [-0.1, -0.05) is 78.0 Å². The highest BCUT2D eigenvalue weighted by molar-refractivity contribution is 7.99. The van der Waals surface area contributed by atoms with Crippen molar-refractivity contribution in [2.75, 3.05) is 0 Å². The molecule has 0 bridgehead atoms. The number of aryl methyl sites for hydroxylation is 1. The molecule has 172 valence electrons. The minimum Gasteiger partial charge on any atom is -0.492 e. The highest BCUT2D eigenvalue weighted by atomic mass is 32.2. The molecular weight excluding hydrogens is 478 g/mol. The van der Waals surface area contributed by atoms with Crippen molar-refractivity contribution in [1.29, 1.82) is 5.26 Å². The number of nitrogens with zero attached hydrogens (tertiary/aromatic N) is 2. The fourth-order valence-electron chi connectivity index (χ4n) is 3.75. The third-order valence-corrected chi connectivity index (χ3v) is 7.59. The molecule has 3 aromatic heterocycles. The number of hydrogen-bond donors (Lipinski definition) is 2. The molecule has 1 unspecified atom stereocenters. The number of aromatic nitrogens is 2. The van der Waals surface area contributed by atoms with E-state index in [9.17, 15) is 15.2 Å². The van der Waals surface area contributed by atoms with Gasteiger partial charge in [-0.3, -0.25) is 4.98 Å². The number of rotatable bonds is 6. The van der Waals surface area contributed by atoms with E-state index in [-0.39, 0.29) is 11.6 Å². The molecule has 0 spiro atoms. The summed E-state index contributed by atoms with van der Waals surface area (Å²) in [5, 5.41) is 22.4. The second kappa shape index (κ2) is 9.66. The fraction of sp³-hybridized carbons (Fsp3) is 0.0741. The Morgan fingerprint density at radius 2 is 1.89 bits per heavy atom. The summed E-state index contributed by atoms with van der Waals surface area (Å²) >= 11 is 2.82. The standard InChI is InChI=1S/C27H19N3O3S2/c1-16-9-11-17(12-10-16)19-14-21(22-8-5-13-34-22)29-26(20(19)15-28)35-24(18-6-3-2-4-7-18)23-25(31)30-27(32)33-23/h2-14,24,31H,1H3,(H,30,32). The van der Waals surface area contributed by atoms with Crippen molar-refractivity contribution in [3.8, 4) is 33.6 Å². The smallest absolute Gasteiger partial charge is 0.419 e. The second-order valence-electron chi connectivity index (χ2n) is 7.83. The van der Waals surface area contributed by atoms with E-state index in [2.05, 4.69) is 11.1 Å². The predicted octanol–water partition coefficient (Wildman–Crippen LogP) is 6.53. The maximum Gasteiger partial charge on any atom is 0.419 e. The SMILES string of the molecule is Cc1ccc(-c2cc(-c3cccs3)nc(SC(c3ccccc3)c3oc(=O)[nH]c3O)c2C#N)cc1. The number of aromatic hydroxyl groups is 1. The monoisotopic (exact) mass is 497 g/mol. The van der Waals surface area contributed by atoms with Crippen LogP contribution < -0.4 is 5.76 Å². The van der Waals surface area contributed by atoms with Crippen LogP contribution in [0.5, 0.6) is 5.88 Å². The quantitative estimate of drug-likeness (QED) is 0.259. The molecule has 5 aromatic rings. The third-order valence-electron chi connectivity index (χ3n) is 5.46. The van der Waals surface area contributed by atoms with E-state index in [0.29, 0.717) is 10.6 Å². The number of pyridine rings is 1. The molecule has 3 heterocycles. The van der Waals surface area contributed by atoms with Crippen LogP contribution in [0.15, 0.2) is 92.4 Å². The first-order chi connectivity index (χ1) is 17.0. The molecule has 35 heavy (non-hydrogen) atoms. The lowest BCUT2D eigenvalue weighted by Gasteiger charge is -2.17. The molecule has 0 radical (unpaired) electrons. The maximum atomic E-state index is 11.8. The Morgan fingerprint density at radius 1 is 1.11 bits per heavy atom. The molecule has 0 saturated carbocycles. The number of benzene rings is 2. The van der Waals surface area contributed by atoms with Gasteiger partial charge in [0.1, 0.15) is 11.1 Å². The van der Waals surface area contributed by atoms with Crippen LogP contribution >= 0.6 is 23.1 Å². The Hall–Kier alpha value is -4.06. The van der Waals surface area contributed by atoms with Gasteiger partial charge in [-0.2, -0.15) is 5.26 Å². The molecular formula is C27H19N3O3S2. The Labute approximate surface area is 209 Å². The molecule has 0 saturated heterocycles. The number of H-pyrrole nitrogens is 1. The van der Waals surface area contributed by atoms with Crippen molar-refractivity contribution in [3.63, 3.8) is 0 Å². The minimum atomic E-state index is -0.750. The van der Waals surface area contributed by atoms with E-state index in [0.717, 1.165) is 32.8 Å². The molecule has 2 aromatic carbocycles. The van der Waals surface area contributed by atoms with Gasteiger partial charge < -0.3 is 9.52 Å². The van der Waals surface area contributed by atoms with E-state index >= 15 is 0 Å². The highest BCUT2D eigenvalue weighted by Crippen LogP contribution is 2.45. The normalized spacial score (nSPS) is 11.8. The lowest BCUT2D eigenvalue weighted by molar-refractivity contribution is 0.424. The van der Waals surface area contributed by atoms with Crippen molar-refractivity contribution >= 4 is 23.1 Å². The molecule has 0 aliphatic heterocycles. The predicted molar refractivity (Wildman–Crippen MR) is 138 cm³/mol. The van der Waals surface area contributed by atoms with Gasteiger partial charge >= 0.3 is 5.76 Å². The van der Waals surface area contributed by atoms with Gasteiger partial charge in [-0.15, -0.1) is 11.3 Å². The van der Waals surface area contributed by atoms with Crippen LogP contribution in [0.2, 0.25) is 0 Å². The number of thiophene rings is 1. The number of thioether (sulfide) groups is 1. The molecule has 8 heteroatoms. The van der Waals surface area contributed by atoms with E-state index in [1.807, 2.05) is 85.1 Å². The van der Waals surface area contributed by atoms with E-state index in [4.69, 9.17) is 9.40 Å². The zero-order valence-corrected chi connectivity index (χ0v) is 20.2. The third kappa shape index (κ3) is 4.64. The van der Waals surface area contributed by atoms with Gasteiger partial charge in [-0.25, -0.2) is 9.78 Å². The van der Waals surface area contributed by atoms with Crippen molar-refractivity contribution in [1.82, 2.24) is 9.97 Å². The van der Waals surface area contributed by atoms with Gasteiger partial charge in [0.25, 0.3) is 0 Å². The van der Waals surface area contributed by atoms with Crippen LogP contribution in [-0.4, -0.2) is 15.1 Å². The zero-order valence-electron chi connectivity index (χ0n) is 18.6. The van der Waals surface area contributed by atoms with Gasteiger partial charge in [-0.05, 0) is 35.6 Å². The Balaban J connectivity index is 1.71. The molecule has 0 aliphatic carbocycles. The van der Waals surface area contributed by atoms with Crippen LogP contribution in [0.3, 0.4) is 0 Å². The Morgan fingerprint density at radius 3 is 2.51 bits per heavy atom. The van der Waals surface area contributed by atoms with E-state index in [1.165, 1.54) is 11.8 Å². The maximum absolute atomic E-state index is 11.8. The fourth-order valence-corrected chi connectivity index (χ4v) is 5.64. The topological polar surface area (TPSA) is 103 Å². The van der Waals surface area contributed by atoms with Crippen LogP contribution in [0.1, 0.15) is 27.7 Å². The first-order valence-corrected chi connectivity index (χ1v) is 12.5. The van der Waals surface area contributed by atoms with Gasteiger partial charge in [0.15, 0.2) is 5.76 Å². The lowest BCUT2D eigenvalue weighted by Crippen LogP contribution is -2.01. The molecule has 5 rings (SSSR count). The summed E-state index contributed by atoms with van der Waals surface area (Å²) in [5.41, 5.74) is 4.73. The summed E-state index contributed by atoms with van der Waals surface area (Å²) in [6, 6.07) is 25.6. The zero-order chi connectivity index (χ0) is 24.4. The van der Waals surface area contributed by atoms with Gasteiger partial charge in [0.05, 0.1) is 21.4 Å². The summed E-state index contributed by atoms with van der Waals surface area (Å²) in [4.78, 5) is 20.0. The average Bonchev–Trinajstić information content (AvgIpc) is 3.52. The molecule has 0 amide bonds. The summed E-state index contributed by atoms with van der Waals surface area (Å²) < 4.78 is 5.32. The molecule has 2 N–H and O–H groups in total. The van der Waals surface area contributed by atoms with Crippen LogP contribution in [0.25, 0.3) is 21.7 Å². The number of nitriles is 1.